The minimum absolute atomic E-state index is 0.112. The largest absolute Gasteiger partial charge is 0.369 e. The fraction of sp³-hybridized carbons (Fsp3) is 0.381. The van der Waals surface area contributed by atoms with Crippen molar-refractivity contribution in [3.8, 4) is 0 Å². The number of nitrogens with zero attached hydrogens (tertiary/aromatic N) is 3. The number of carbonyl (C=O) groups excluding carboxylic acids is 1. The van der Waals surface area contributed by atoms with E-state index in [0.29, 0.717) is 0 Å². The van der Waals surface area contributed by atoms with E-state index >= 15 is 0 Å². The maximum absolute atomic E-state index is 12.7. The zero-order chi connectivity index (χ0) is 21.1. The van der Waals surface area contributed by atoms with Gasteiger partial charge in [-0.3, -0.25) is 19.8 Å². The number of nitro benzene ring substituents is 1. The van der Waals surface area contributed by atoms with Crippen molar-refractivity contribution in [2.24, 2.45) is 0 Å². The lowest BCUT2D eigenvalue weighted by molar-refractivity contribution is -0.384. The second-order valence-corrected chi connectivity index (χ2v) is 7.74. The molecule has 1 atom stereocenters. The van der Waals surface area contributed by atoms with E-state index in [1.807, 2.05) is 6.92 Å². The molecule has 0 bridgehead atoms. The standard InChI is InChI=1S/C21H25ClN4O3/c1-14-5-4-6-20(15(14)2)25-11-9-24(10-12-25)16(3)21(27)23-19-13-17(26(28)29)7-8-18(19)22/h4-8,13,16H,9-12H2,1-3H3,(H,23,27). The van der Waals surface area contributed by atoms with Crippen molar-refractivity contribution in [3.05, 3.63) is 62.7 Å². The van der Waals surface area contributed by atoms with E-state index in [2.05, 4.69) is 47.2 Å². The van der Waals surface area contributed by atoms with Gasteiger partial charge < -0.3 is 10.2 Å². The third kappa shape index (κ3) is 4.68. The number of nitrogens with one attached hydrogen (secondary N) is 1. The lowest BCUT2D eigenvalue weighted by Crippen LogP contribution is -2.53. The molecular formula is C21H25ClN4O3. The van der Waals surface area contributed by atoms with E-state index in [4.69, 9.17) is 11.6 Å². The van der Waals surface area contributed by atoms with Crippen molar-refractivity contribution >= 4 is 34.6 Å². The lowest BCUT2D eigenvalue weighted by atomic mass is 10.1. The molecule has 7 nitrogen and oxygen atoms in total. The number of hydrogen-bond donors (Lipinski definition) is 1. The van der Waals surface area contributed by atoms with Crippen LogP contribution >= 0.6 is 11.6 Å². The molecule has 3 rings (SSSR count). The summed E-state index contributed by atoms with van der Waals surface area (Å²) in [6, 6.07) is 9.97. The van der Waals surface area contributed by atoms with Crippen LogP contribution in [0.5, 0.6) is 0 Å². The molecule has 1 N–H and O–H groups in total. The van der Waals surface area contributed by atoms with Gasteiger partial charge in [0.25, 0.3) is 5.69 Å². The fourth-order valence-corrected chi connectivity index (χ4v) is 3.72. The van der Waals surface area contributed by atoms with E-state index in [-0.39, 0.29) is 28.3 Å². The number of halogens is 1. The highest BCUT2D eigenvalue weighted by atomic mass is 35.5. The summed E-state index contributed by atoms with van der Waals surface area (Å²) < 4.78 is 0. The molecule has 1 heterocycles. The molecule has 8 heteroatoms. The van der Waals surface area contributed by atoms with Crippen LogP contribution in [-0.2, 0) is 4.79 Å². The Morgan fingerprint density at radius 1 is 1.17 bits per heavy atom. The molecule has 0 aromatic heterocycles. The Kier molecular flexibility index (Phi) is 6.39. The Labute approximate surface area is 175 Å². The van der Waals surface area contributed by atoms with Crippen molar-refractivity contribution in [3.63, 3.8) is 0 Å². The number of hydrogen-bond acceptors (Lipinski definition) is 5. The van der Waals surface area contributed by atoms with Crippen LogP contribution < -0.4 is 10.2 Å². The summed E-state index contributed by atoms with van der Waals surface area (Å²) in [6.45, 7) is 9.26. The monoisotopic (exact) mass is 416 g/mol. The molecule has 1 fully saturated rings. The van der Waals surface area contributed by atoms with Gasteiger partial charge in [-0.1, -0.05) is 23.7 Å². The fourth-order valence-electron chi connectivity index (χ4n) is 3.55. The van der Waals surface area contributed by atoms with Crippen LogP contribution in [0.4, 0.5) is 17.1 Å². The number of rotatable bonds is 5. The number of nitro groups is 1. The second kappa shape index (κ2) is 8.80. The Hall–Kier alpha value is -2.64. The smallest absolute Gasteiger partial charge is 0.271 e. The zero-order valence-electron chi connectivity index (χ0n) is 16.8. The molecule has 0 saturated carbocycles. The van der Waals surface area contributed by atoms with Crippen LogP contribution in [-0.4, -0.2) is 48.0 Å². The molecule has 29 heavy (non-hydrogen) atoms. The Morgan fingerprint density at radius 2 is 1.86 bits per heavy atom. The maximum Gasteiger partial charge on any atom is 0.271 e. The topological polar surface area (TPSA) is 78.7 Å². The highest BCUT2D eigenvalue weighted by Crippen LogP contribution is 2.27. The number of non-ortho nitro benzene ring substituents is 1. The molecule has 0 spiro atoms. The van der Waals surface area contributed by atoms with Crippen molar-refractivity contribution in [2.75, 3.05) is 36.4 Å². The van der Waals surface area contributed by atoms with Gasteiger partial charge in [0, 0.05) is 44.0 Å². The first-order valence-corrected chi connectivity index (χ1v) is 9.95. The molecule has 2 aromatic rings. The first-order chi connectivity index (χ1) is 13.8. The SMILES string of the molecule is Cc1cccc(N2CCN(C(C)C(=O)Nc3cc([N+](=O)[O-])ccc3Cl)CC2)c1C. The van der Waals surface area contributed by atoms with Crippen LogP contribution in [0.25, 0.3) is 0 Å². The second-order valence-electron chi connectivity index (χ2n) is 7.33. The molecular weight excluding hydrogens is 392 g/mol. The highest BCUT2D eigenvalue weighted by molar-refractivity contribution is 6.33. The summed E-state index contributed by atoms with van der Waals surface area (Å²) in [4.78, 5) is 27.6. The van der Waals surface area contributed by atoms with Gasteiger partial charge in [0.15, 0.2) is 0 Å². The lowest BCUT2D eigenvalue weighted by Gasteiger charge is -2.39. The first-order valence-electron chi connectivity index (χ1n) is 9.58. The molecule has 2 aromatic carbocycles. The average Bonchev–Trinajstić information content (AvgIpc) is 2.71. The quantitative estimate of drug-likeness (QED) is 0.588. The molecule has 1 unspecified atom stereocenters. The van der Waals surface area contributed by atoms with Crippen LogP contribution in [0.15, 0.2) is 36.4 Å². The van der Waals surface area contributed by atoms with E-state index in [0.717, 1.165) is 26.2 Å². The minimum Gasteiger partial charge on any atom is -0.369 e. The molecule has 0 aliphatic carbocycles. The van der Waals surface area contributed by atoms with Gasteiger partial charge in [-0.25, -0.2) is 0 Å². The number of carbonyl (C=O) groups is 1. The summed E-state index contributed by atoms with van der Waals surface area (Å²) >= 11 is 6.09. The van der Waals surface area contributed by atoms with Gasteiger partial charge in [-0.15, -0.1) is 0 Å². The van der Waals surface area contributed by atoms with E-state index in [9.17, 15) is 14.9 Å². The van der Waals surface area contributed by atoms with Crippen LogP contribution in [0.1, 0.15) is 18.1 Å². The maximum atomic E-state index is 12.7. The number of benzene rings is 2. The molecule has 0 radical (unpaired) electrons. The van der Waals surface area contributed by atoms with E-state index in [1.54, 1.807) is 0 Å². The first kappa shape index (κ1) is 21.1. The van der Waals surface area contributed by atoms with Crippen LogP contribution in [0, 0.1) is 24.0 Å². The van der Waals surface area contributed by atoms with Crippen molar-refractivity contribution < 1.29 is 9.72 Å². The minimum atomic E-state index is -0.512. The summed E-state index contributed by atoms with van der Waals surface area (Å²) in [6.07, 6.45) is 0. The van der Waals surface area contributed by atoms with Gasteiger partial charge in [0.05, 0.1) is 21.7 Å². The average molecular weight is 417 g/mol. The van der Waals surface area contributed by atoms with Crippen LogP contribution in [0.2, 0.25) is 5.02 Å². The molecule has 1 aliphatic heterocycles. The normalized spacial score (nSPS) is 15.8. The van der Waals surface area contributed by atoms with Gasteiger partial charge in [0.1, 0.15) is 0 Å². The van der Waals surface area contributed by atoms with Gasteiger partial charge >= 0.3 is 0 Å². The Bertz CT molecular complexity index is 926. The third-order valence-electron chi connectivity index (χ3n) is 5.58. The van der Waals surface area contributed by atoms with E-state index in [1.165, 1.54) is 35.0 Å². The molecule has 1 amide bonds. The summed E-state index contributed by atoms with van der Waals surface area (Å²) in [7, 11) is 0. The molecule has 1 aliphatic rings. The summed E-state index contributed by atoms with van der Waals surface area (Å²) in [5, 5.41) is 14.0. The van der Waals surface area contributed by atoms with Gasteiger partial charge in [0.2, 0.25) is 5.91 Å². The zero-order valence-corrected chi connectivity index (χ0v) is 17.6. The van der Waals surface area contributed by atoms with Crippen molar-refractivity contribution in [1.29, 1.82) is 0 Å². The third-order valence-corrected chi connectivity index (χ3v) is 5.91. The predicted molar refractivity (Wildman–Crippen MR) is 116 cm³/mol. The number of piperazine rings is 1. The molecule has 1 saturated heterocycles. The number of aryl methyl sites for hydroxylation is 1. The summed E-state index contributed by atoms with van der Waals surface area (Å²) in [5.41, 5.74) is 3.94. The number of anilines is 2. The Morgan fingerprint density at radius 3 is 2.52 bits per heavy atom. The van der Waals surface area contributed by atoms with Gasteiger partial charge in [-0.2, -0.15) is 0 Å². The van der Waals surface area contributed by atoms with Crippen molar-refractivity contribution in [2.45, 2.75) is 26.8 Å². The van der Waals surface area contributed by atoms with Crippen LogP contribution in [0.3, 0.4) is 0 Å². The summed E-state index contributed by atoms with van der Waals surface area (Å²) in [5.74, 6) is -0.229. The van der Waals surface area contributed by atoms with Crippen molar-refractivity contribution in [1.82, 2.24) is 4.90 Å². The van der Waals surface area contributed by atoms with Gasteiger partial charge in [-0.05, 0) is 44.0 Å². The highest BCUT2D eigenvalue weighted by Gasteiger charge is 2.27. The molecule has 154 valence electrons. The number of amides is 1. The Balaban J connectivity index is 1.63. The predicted octanol–water partition coefficient (Wildman–Crippen LogP) is 4.01. The van der Waals surface area contributed by atoms with E-state index < -0.39 is 4.92 Å².